The first-order chi connectivity index (χ1) is 66.1. The van der Waals surface area contributed by atoms with E-state index >= 15 is 0 Å². The topological polar surface area (TPSA) is 540 Å². The van der Waals surface area contributed by atoms with E-state index < -0.39 is 120 Å². The monoisotopic (exact) mass is 1930 g/mol. The van der Waals surface area contributed by atoms with Crippen LogP contribution in [0.2, 0.25) is 0 Å². The van der Waals surface area contributed by atoms with Crippen LogP contribution in [-0.2, 0) is 38.5 Å². The molecule has 0 spiro atoms. The first-order valence-corrected chi connectivity index (χ1v) is 44.6. The largest absolute Gasteiger partial charge is 0.506 e. The molecule has 6 aromatic carbocycles. The number of halogens is 1. The molecule has 742 valence electrons. The third-order valence-electron chi connectivity index (χ3n) is 23.4. The molecule has 0 unspecified atom stereocenters. The fourth-order valence-electron chi connectivity index (χ4n) is 16.0. The number of aromatic nitrogens is 6. The second kappa shape index (κ2) is 47.7. The molecule has 140 heavy (non-hydrogen) atoms. The summed E-state index contributed by atoms with van der Waals surface area (Å²) in [4.78, 5) is 167. The lowest BCUT2D eigenvalue weighted by Crippen LogP contribution is -2.29. The number of aryl methyl sites for hydroxylation is 4. The van der Waals surface area contributed by atoms with Crippen molar-refractivity contribution in [3.8, 4) is 102 Å². The summed E-state index contributed by atoms with van der Waals surface area (Å²) in [5.74, 6) is -9.63. The highest BCUT2D eigenvalue weighted by Gasteiger charge is 2.30. The van der Waals surface area contributed by atoms with Gasteiger partial charge >= 0.3 is 35.8 Å². The lowest BCUT2D eigenvalue weighted by molar-refractivity contribution is 0.0680. The Balaban J connectivity index is 0.000000206. The third kappa shape index (κ3) is 24.6. The number of para-hydroxylation sites is 1. The molecule has 16 N–H and O–H groups in total. The highest BCUT2D eigenvalue weighted by atomic mass is 19.1. The Kier molecular flexibility index (Phi) is 37.0. The number of carboxylic acids is 6. The van der Waals surface area contributed by atoms with Gasteiger partial charge in [0.15, 0.2) is 22.3 Å². The molecule has 1 aliphatic rings. The number of aromatic amines is 6. The van der Waals surface area contributed by atoms with Crippen molar-refractivity contribution in [2.24, 2.45) is 0 Å². The van der Waals surface area contributed by atoms with Gasteiger partial charge in [-0.15, -0.1) is 0 Å². The normalized spacial score (nSPS) is 11.2. The Bertz CT molecular complexity index is 6920. The fourth-order valence-corrected chi connectivity index (χ4v) is 16.0. The predicted octanol–water partition coefficient (Wildman–Crippen LogP) is 14.7. The van der Waals surface area contributed by atoms with Crippen LogP contribution in [0.1, 0.15) is 167 Å². The zero-order valence-electron chi connectivity index (χ0n) is 81.7. The molecule has 1 fully saturated rings. The summed E-state index contributed by atoms with van der Waals surface area (Å²) >= 11 is 0. The maximum Gasteiger partial charge on any atom is 0.345 e. The zero-order valence-corrected chi connectivity index (χ0v) is 81.7. The van der Waals surface area contributed by atoms with Crippen LogP contribution in [0, 0.1) is 19.7 Å². The summed E-state index contributed by atoms with van der Waals surface area (Å²) in [6.07, 6.45) is 6.26. The molecule has 12 aromatic rings. The van der Waals surface area contributed by atoms with Crippen molar-refractivity contribution in [1.82, 2.24) is 29.9 Å². The molecule has 0 radical (unpaired) electrons. The van der Waals surface area contributed by atoms with Gasteiger partial charge in [-0.2, -0.15) is 0 Å². The van der Waals surface area contributed by atoms with Gasteiger partial charge < -0.3 is 120 Å². The predicted molar refractivity (Wildman–Crippen MR) is 540 cm³/mol. The standard InChI is InChI=1S/C20H24N2O4.C17H20N2O5.C17H20N2O4.C17H20N2O3.C16H17FN2O4.C16H18N2O4/c1-3-13-11-16(20(24)25)19(23)21-18(13)15-8-7-14(12-17(15)26-2)22-9-5-4-6-10-22;1-5-10-14(18-16(21)13(15(10)20)17(22)23)11-7-6-9(24-4)8-12(11)19(2)3;1-5-11-14(18-16(21)13(15(11)20)17(22)23)12-7-6-10(19(3)4)8-9(12)2;1-5-11-9-14(17(21)22)16(20)18-15(11)13-7-6-12(19(3)4)8-10(13)2;1-4-9-13(18-15(21)12(14(9)20)16(22)23)10-6-5-8(19(2)3)7-11(10)17;1-4-9-13(10-7-5-6-8-11(10)18(2)3)17-15(20)12(14(9)19)16(21)22/h7-8,11-12H,3-6,9-10H2,1-2H3,(H,21,23)(H,24,25);6-8H,5H2,1-4H3,(H,22,23)(H2,18,20,21);6-8H,5H2,1-4H3,(H,22,23)(H2,18,20,21);6-9H,5H2,1-4H3,(H,18,20)(H,21,22);5-7H,4H2,1-3H3,(H,22,23)(H2,18,20,21);5-8H,4H2,1-3H3,(H,21,22)(H2,17,19,20). The van der Waals surface area contributed by atoms with E-state index in [9.17, 15) is 87.5 Å². The minimum atomic E-state index is -1.53. The van der Waals surface area contributed by atoms with Gasteiger partial charge in [-0.05, 0) is 179 Å². The molecule has 36 nitrogen and oxygen atoms in total. The van der Waals surface area contributed by atoms with Gasteiger partial charge in [0.1, 0.15) is 51.4 Å². The van der Waals surface area contributed by atoms with Gasteiger partial charge in [0.25, 0.3) is 33.4 Å². The van der Waals surface area contributed by atoms with Crippen molar-refractivity contribution in [2.45, 2.75) is 113 Å². The highest BCUT2D eigenvalue weighted by molar-refractivity contribution is 5.96. The van der Waals surface area contributed by atoms with Gasteiger partial charge in [0, 0.05) is 185 Å². The molecule has 0 bridgehead atoms. The molecule has 13 rings (SSSR count). The van der Waals surface area contributed by atoms with Crippen LogP contribution in [0.25, 0.3) is 67.5 Å². The molecule has 0 aliphatic carbocycles. The maximum atomic E-state index is 14.4. The SMILES string of the molecule is CCc1c(-c2ccc(N(C)C)cc2C)[nH]c(=O)c(C(=O)O)c1O.CCc1c(-c2ccc(N(C)C)cc2F)[nH]c(=O)c(C(=O)O)c1O.CCc1c(-c2ccc(OC)cc2N(C)C)[nH]c(=O)c(C(=O)O)c1O.CCc1c(-c2ccccc2N(C)C)[nH]c(=O)c(C(=O)O)c1O.CCc1cc(C(=O)O)c(=O)[nH]c1-c1ccc(N(C)C)cc1C.CCc1cc(C(=O)O)c(=O)[nH]c1-c1ccc(N2CCCCC2)cc1OC. The van der Waals surface area contributed by atoms with Crippen LogP contribution in [-0.4, -0.2) is 215 Å². The summed E-state index contributed by atoms with van der Waals surface area (Å²) in [5, 5.41) is 95.3. The first-order valence-electron chi connectivity index (χ1n) is 44.6. The number of hydrogen-bond donors (Lipinski definition) is 16. The Labute approximate surface area is 805 Å². The number of pyridine rings is 6. The number of benzene rings is 6. The number of H-pyrrole nitrogens is 6. The smallest absolute Gasteiger partial charge is 0.345 e. The van der Waals surface area contributed by atoms with Crippen molar-refractivity contribution in [3.63, 3.8) is 0 Å². The summed E-state index contributed by atoms with van der Waals surface area (Å²) in [6, 6.07) is 37.7. The number of piperidine rings is 1. The minimum absolute atomic E-state index is 0.0859. The number of carbonyl (C=O) groups is 6. The Morgan fingerprint density at radius 3 is 1.01 bits per heavy atom. The van der Waals surface area contributed by atoms with E-state index in [1.165, 1.54) is 43.5 Å². The van der Waals surface area contributed by atoms with Crippen molar-refractivity contribution in [1.29, 1.82) is 0 Å². The van der Waals surface area contributed by atoms with Crippen LogP contribution in [0.4, 0.5) is 38.5 Å². The van der Waals surface area contributed by atoms with E-state index in [0.29, 0.717) is 100 Å². The number of methoxy groups -OCH3 is 2. The zero-order chi connectivity index (χ0) is 104. The molecule has 1 saturated heterocycles. The molecule has 0 amide bonds. The lowest BCUT2D eigenvalue weighted by Gasteiger charge is -2.29. The number of hydrogen-bond acceptors (Lipinski definition) is 24. The van der Waals surface area contributed by atoms with Crippen molar-refractivity contribution < 1.29 is 93.7 Å². The van der Waals surface area contributed by atoms with Gasteiger partial charge in [0.2, 0.25) is 0 Å². The number of aromatic carboxylic acids is 6. The highest BCUT2D eigenvalue weighted by Crippen LogP contribution is 2.42. The van der Waals surface area contributed by atoms with Crippen LogP contribution in [0.3, 0.4) is 0 Å². The molecule has 37 heteroatoms. The van der Waals surface area contributed by atoms with Crippen molar-refractivity contribution in [3.05, 3.63) is 273 Å². The summed E-state index contributed by atoms with van der Waals surface area (Å²) in [5.41, 5.74) is 9.30. The van der Waals surface area contributed by atoms with Crippen molar-refractivity contribution in [2.75, 3.05) is 127 Å². The molecule has 0 atom stereocenters. The van der Waals surface area contributed by atoms with Gasteiger partial charge in [-0.1, -0.05) is 71.9 Å². The third-order valence-corrected chi connectivity index (χ3v) is 23.4. The number of nitrogens with zero attached hydrogens (tertiary/aromatic N) is 6. The summed E-state index contributed by atoms with van der Waals surface area (Å²) in [6.45, 7) is 16.9. The Hall–Kier alpha value is -16.6. The molecule has 0 saturated carbocycles. The van der Waals surface area contributed by atoms with E-state index in [0.717, 1.165) is 86.0 Å². The fraction of sp³-hybridized carbons (Fsp3) is 0.301. The van der Waals surface area contributed by atoms with E-state index in [1.54, 1.807) is 85.2 Å². The van der Waals surface area contributed by atoms with Crippen LogP contribution in [0.5, 0.6) is 34.5 Å². The second-order valence-electron chi connectivity index (χ2n) is 33.4. The van der Waals surface area contributed by atoms with Gasteiger partial charge in [0.05, 0.1) is 48.4 Å². The molecular formula is C103H119FN12O24. The Morgan fingerprint density at radius 1 is 0.343 bits per heavy atom. The summed E-state index contributed by atoms with van der Waals surface area (Å²) in [7, 11) is 21.9. The molecular weight excluding hydrogens is 1810 g/mol. The average molecular weight is 1930 g/mol. The van der Waals surface area contributed by atoms with Gasteiger partial charge in [-0.3, -0.25) is 28.8 Å². The number of rotatable bonds is 26. The van der Waals surface area contributed by atoms with E-state index in [4.69, 9.17) is 35.0 Å². The number of nitrogens with one attached hydrogen (secondary N) is 6. The second-order valence-corrected chi connectivity index (χ2v) is 33.4. The number of carboxylic acid groups (broad SMARTS) is 6. The minimum Gasteiger partial charge on any atom is -0.506 e. The van der Waals surface area contributed by atoms with Crippen LogP contribution >= 0.6 is 0 Å². The number of aromatic hydroxyl groups is 4. The Morgan fingerprint density at radius 2 is 0.671 bits per heavy atom. The maximum absolute atomic E-state index is 14.4. The van der Waals surface area contributed by atoms with E-state index in [1.807, 2.05) is 183 Å². The van der Waals surface area contributed by atoms with Crippen LogP contribution in [0.15, 0.2) is 156 Å². The first kappa shape index (κ1) is 109. The summed E-state index contributed by atoms with van der Waals surface area (Å²) < 4.78 is 25.2. The number of ether oxygens (including phenoxy) is 2. The molecule has 6 aromatic heterocycles. The van der Waals surface area contributed by atoms with Crippen LogP contribution < -0.4 is 72.2 Å². The molecule has 1 aliphatic heterocycles. The quantitative estimate of drug-likeness (QED) is 0.0239. The van der Waals surface area contributed by atoms with Crippen molar-refractivity contribution >= 4 is 69.9 Å². The average Bonchev–Trinajstić information content (AvgIpc) is 0.779. The molecule has 7 heterocycles. The lowest BCUT2D eigenvalue weighted by atomic mass is 9.97. The van der Waals surface area contributed by atoms with E-state index in [2.05, 4.69) is 34.8 Å². The van der Waals surface area contributed by atoms with E-state index in [-0.39, 0.29) is 34.4 Å². The number of anilines is 6. The van der Waals surface area contributed by atoms with Gasteiger partial charge in [-0.25, -0.2) is 33.2 Å².